The van der Waals surface area contributed by atoms with Crippen molar-refractivity contribution in [2.24, 2.45) is 0 Å². The number of fused-ring (bicyclic) bond motifs is 1. The van der Waals surface area contributed by atoms with Gasteiger partial charge in [-0.1, -0.05) is 18.2 Å². The first-order chi connectivity index (χ1) is 7.56. The molecule has 1 N–H and O–H groups in total. The lowest BCUT2D eigenvalue weighted by Crippen LogP contribution is -2.26. The molecule has 5 heteroatoms. The Morgan fingerprint density at radius 2 is 2.19 bits per heavy atom. The minimum absolute atomic E-state index is 0.205. The van der Waals surface area contributed by atoms with E-state index in [1.54, 1.807) is 0 Å². The molecule has 0 saturated carbocycles. The predicted octanol–water partition coefficient (Wildman–Crippen LogP) is 1.47. The van der Waals surface area contributed by atoms with Gasteiger partial charge in [-0.25, -0.2) is 8.42 Å². The Balaban J connectivity index is 1.94. The fourth-order valence-electron chi connectivity index (χ4n) is 1.75. The van der Waals surface area contributed by atoms with E-state index in [1.807, 2.05) is 23.9 Å². The van der Waals surface area contributed by atoms with E-state index in [-0.39, 0.29) is 5.75 Å². The molecule has 0 radical (unpaired) electrons. The maximum atomic E-state index is 11.0. The Morgan fingerprint density at radius 1 is 1.44 bits per heavy atom. The van der Waals surface area contributed by atoms with Crippen molar-refractivity contribution in [1.29, 1.82) is 0 Å². The first-order valence-electron chi connectivity index (χ1n) is 5.19. The van der Waals surface area contributed by atoms with Crippen molar-refractivity contribution in [3.05, 3.63) is 29.8 Å². The van der Waals surface area contributed by atoms with E-state index < -0.39 is 9.84 Å². The van der Waals surface area contributed by atoms with Crippen LogP contribution in [0.2, 0.25) is 0 Å². The fraction of sp³-hybridized carbons (Fsp3) is 0.455. The van der Waals surface area contributed by atoms with Crippen LogP contribution in [0.25, 0.3) is 0 Å². The molecule has 1 aromatic rings. The third kappa shape index (κ3) is 2.99. The number of rotatable bonds is 4. The van der Waals surface area contributed by atoms with Crippen LogP contribution >= 0.6 is 11.8 Å². The number of nitrogens with one attached hydrogen (secondary N) is 1. The third-order valence-corrected chi connectivity index (χ3v) is 4.69. The lowest BCUT2D eigenvalue weighted by atomic mass is 10.1. The topological polar surface area (TPSA) is 46.2 Å². The van der Waals surface area contributed by atoms with Gasteiger partial charge in [-0.3, -0.25) is 0 Å². The van der Waals surface area contributed by atoms with E-state index in [4.69, 9.17) is 0 Å². The minimum atomic E-state index is -2.86. The number of hydrogen-bond acceptors (Lipinski definition) is 4. The van der Waals surface area contributed by atoms with E-state index >= 15 is 0 Å². The van der Waals surface area contributed by atoms with Crippen molar-refractivity contribution >= 4 is 21.6 Å². The number of hydrogen-bond donors (Lipinski definition) is 1. The molecular formula is C11H15NO2S2. The average Bonchev–Trinajstić information content (AvgIpc) is 2.60. The van der Waals surface area contributed by atoms with Gasteiger partial charge in [0.2, 0.25) is 0 Å². The summed E-state index contributed by atoms with van der Waals surface area (Å²) in [6.45, 7) is 0.526. The highest BCUT2D eigenvalue weighted by atomic mass is 32.2. The quantitative estimate of drug-likeness (QED) is 0.887. The summed E-state index contributed by atoms with van der Waals surface area (Å²) in [5, 5.41) is 3.29. The lowest BCUT2D eigenvalue weighted by Gasteiger charge is -2.12. The highest BCUT2D eigenvalue weighted by molar-refractivity contribution is 7.99. The predicted molar refractivity (Wildman–Crippen MR) is 67.6 cm³/mol. The standard InChI is InChI=1S/C11H15NO2S2/c1-16(13,14)7-6-12-10-8-15-11-5-3-2-4-9(10)11/h2-5,10,12H,6-8H2,1H3. The molecule has 0 saturated heterocycles. The van der Waals surface area contributed by atoms with Crippen molar-refractivity contribution in [3.63, 3.8) is 0 Å². The molecular weight excluding hydrogens is 242 g/mol. The SMILES string of the molecule is CS(=O)(=O)CCNC1CSc2ccccc21. The zero-order valence-electron chi connectivity index (χ0n) is 9.14. The number of sulfone groups is 1. The maximum absolute atomic E-state index is 11.0. The van der Waals surface area contributed by atoms with Crippen LogP contribution in [0.5, 0.6) is 0 Å². The van der Waals surface area contributed by atoms with Crippen molar-refractivity contribution in [1.82, 2.24) is 5.32 Å². The number of benzene rings is 1. The molecule has 0 aliphatic carbocycles. The molecule has 88 valence electrons. The molecule has 3 nitrogen and oxygen atoms in total. The summed E-state index contributed by atoms with van der Waals surface area (Å²) < 4.78 is 22.0. The molecule has 1 atom stereocenters. The zero-order chi connectivity index (χ0) is 11.6. The van der Waals surface area contributed by atoms with Crippen LogP contribution in [0.4, 0.5) is 0 Å². The molecule has 1 heterocycles. The number of thioether (sulfide) groups is 1. The van der Waals surface area contributed by atoms with E-state index in [0.717, 1.165) is 5.75 Å². The normalized spacial score (nSPS) is 19.7. The van der Waals surface area contributed by atoms with Gasteiger partial charge in [-0.15, -0.1) is 11.8 Å². The molecule has 1 unspecified atom stereocenters. The van der Waals surface area contributed by atoms with Gasteiger partial charge in [0.05, 0.1) is 5.75 Å². The summed E-state index contributed by atoms with van der Waals surface area (Å²) in [4.78, 5) is 1.30. The smallest absolute Gasteiger partial charge is 0.148 e. The first kappa shape index (κ1) is 12.0. The lowest BCUT2D eigenvalue weighted by molar-refractivity contribution is 0.580. The molecule has 16 heavy (non-hydrogen) atoms. The van der Waals surface area contributed by atoms with Gasteiger partial charge in [-0.05, 0) is 11.6 Å². The summed E-state index contributed by atoms with van der Waals surface area (Å²) in [7, 11) is -2.86. The van der Waals surface area contributed by atoms with Gasteiger partial charge in [0.15, 0.2) is 0 Å². The Kier molecular flexibility index (Phi) is 3.56. The summed E-state index contributed by atoms with van der Waals surface area (Å²) >= 11 is 1.82. The first-order valence-corrected chi connectivity index (χ1v) is 8.24. The monoisotopic (exact) mass is 257 g/mol. The van der Waals surface area contributed by atoms with Gasteiger partial charge in [0, 0.05) is 29.5 Å². The Morgan fingerprint density at radius 3 is 2.94 bits per heavy atom. The van der Waals surface area contributed by atoms with Crippen LogP contribution in [0, 0.1) is 0 Å². The summed E-state index contributed by atoms with van der Waals surface area (Å²) in [5.74, 6) is 1.19. The van der Waals surface area contributed by atoms with Gasteiger partial charge in [-0.2, -0.15) is 0 Å². The van der Waals surface area contributed by atoms with E-state index in [0.29, 0.717) is 12.6 Å². The van der Waals surface area contributed by atoms with Crippen LogP contribution in [-0.4, -0.2) is 32.7 Å². The molecule has 1 aliphatic rings. The average molecular weight is 257 g/mol. The second kappa shape index (κ2) is 4.77. The molecule has 0 spiro atoms. The van der Waals surface area contributed by atoms with E-state index in [9.17, 15) is 8.42 Å². The molecule has 0 bridgehead atoms. The Labute approximate surface area is 101 Å². The van der Waals surface area contributed by atoms with E-state index in [2.05, 4.69) is 17.4 Å². The van der Waals surface area contributed by atoms with Gasteiger partial charge >= 0.3 is 0 Å². The van der Waals surface area contributed by atoms with E-state index in [1.165, 1.54) is 16.7 Å². The van der Waals surface area contributed by atoms with Crippen LogP contribution in [-0.2, 0) is 9.84 Å². The Hall–Kier alpha value is -0.520. The molecule has 0 fully saturated rings. The molecule has 2 rings (SSSR count). The third-order valence-electron chi connectivity index (χ3n) is 2.56. The van der Waals surface area contributed by atoms with Gasteiger partial charge in [0.25, 0.3) is 0 Å². The molecule has 1 aliphatic heterocycles. The van der Waals surface area contributed by atoms with Crippen molar-refractivity contribution in [3.8, 4) is 0 Å². The van der Waals surface area contributed by atoms with Gasteiger partial charge < -0.3 is 5.32 Å². The van der Waals surface area contributed by atoms with Crippen LogP contribution in [0.15, 0.2) is 29.2 Å². The van der Waals surface area contributed by atoms with Crippen LogP contribution < -0.4 is 5.32 Å². The van der Waals surface area contributed by atoms with Crippen molar-refractivity contribution in [2.75, 3.05) is 24.3 Å². The Bertz CT molecular complexity index is 471. The second-order valence-electron chi connectivity index (χ2n) is 3.99. The van der Waals surface area contributed by atoms with Crippen LogP contribution in [0.3, 0.4) is 0 Å². The van der Waals surface area contributed by atoms with Crippen molar-refractivity contribution < 1.29 is 8.42 Å². The van der Waals surface area contributed by atoms with Crippen LogP contribution in [0.1, 0.15) is 11.6 Å². The molecule has 0 aromatic heterocycles. The highest BCUT2D eigenvalue weighted by Crippen LogP contribution is 2.37. The van der Waals surface area contributed by atoms with Gasteiger partial charge in [0.1, 0.15) is 9.84 Å². The molecule has 0 amide bonds. The summed E-state index contributed by atoms with van der Waals surface area (Å²) in [5.41, 5.74) is 1.29. The summed E-state index contributed by atoms with van der Waals surface area (Å²) in [6, 6.07) is 8.56. The highest BCUT2D eigenvalue weighted by Gasteiger charge is 2.21. The largest absolute Gasteiger partial charge is 0.308 e. The second-order valence-corrected chi connectivity index (χ2v) is 7.31. The van der Waals surface area contributed by atoms with Crippen molar-refractivity contribution in [2.45, 2.75) is 10.9 Å². The zero-order valence-corrected chi connectivity index (χ0v) is 10.8. The summed E-state index contributed by atoms with van der Waals surface area (Å²) in [6.07, 6.45) is 1.27. The maximum Gasteiger partial charge on any atom is 0.148 e. The molecule has 1 aromatic carbocycles. The minimum Gasteiger partial charge on any atom is -0.308 e. The fourth-order valence-corrected chi connectivity index (χ4v) is 3.43.